The average Bonchev–Trinajstić information content (AvgIpc) is 3.00. The molecule has 7 nitrogen and oxygen atoms in total. The Hall–Kier alpha value is -3.08. The number of H-pyrrole nitrogens is 1. The summed E-state index contributed by atoms with van der Waals surface area (Å²) in [6, 6.07) is 10.6. The second-order valence-corrected chi connectivity index (χ2v) is 6.68. The molecule has 0 aliphatic heterocycles. The molecule has 0 aliphatic carbocycles. The van der Waals surface area contributed by atoms with Gasteiger partial charge in [0, 0.05) is 31.7 Å². The minimum Gasteiger partial charge on any atom is -0.494 e. The summed E-state index contributed by atoms with van der Waals surface area (Å²) in [5.41, 5.74) is 2.76. The normalized spacial score (nSPS) is 10.5. The molecule has 0 radical (unpaired) electrons. The first-order valence-electron chi connectivity index (χ1n) is 8.52. The van der Waals surface area contributed by atoms with Gasteiger partial charge >= 0.3 is 0 Å². The van der Waals surface area contributed by atoms with E-state index in [0.717, 1.165) is 11.9 Å². The van der Waals surface area contributed by atoms with E-state index in [1.54, 1.807) is 42.3 Å². The zero-order valence-corrected chi connectivity index (χ0v) is 16.7. The van der Waals surface area contributed by atoms with E-state index in [9.17, 15) is 9.90 Å². The zero-order valence-electron chi connectivity index (χ0n) is 15.9. The van der Waals surface area contributed by atoms with Crippen molar-refractivity contribution in [2.75, 3.05) is 34.2 Å². The molecule has 0 bridgehead atoms. The molecule has 3 aromatic rings. The number of nitrogens with one attached hydrogen (secondary N) is 1. The lowest BCUT2D eigenvalue weighted by Crippen LogP contribution is -2.33. The van der Waals surface area contributed by atoms with Gasteiger partial charge < -0.3 is 19.9 Å². The van der Waals surface area contributed by atoms with Crippen LogP contribution in [-0.4, -0.2) is 65.0 Å². The first-order chi connectivity index (χ1) is 12.9. The van der Waals surface area contributed by atoms with Gasteiger partial charge in [0.2, 0.25) is 0 Å². The fourth-order valence-corrected chi connectivity index (χ4v) is 2.85. The van der Waals surface area contributed by atoms with Gasteiger partial charge in [0.25, 0.3) is 5.91 Å². The van der Waals surface area contributed by atoms with E-state index in [4.69, 9.17) is 5.26 Å². The van der Waals surface area contributed by atoms with Crippen molar-refractivity contribution in [3.05, 3.63) is 47.7 Å². The Morgan fingerprint density at radius 2 is 1.96 bits per heavy atom. The van der Waals surface area contributed by atoms with Crippen LogP contribution in [0.4, 0.5) is 0 Å². The van der Waals surface area contributed by atoms with Crippen molar-refractivity contribution in [3.63, 3.8) is 0 Å². The van der Waals surface area contributed by atoms with E-state index < -0.39 is 0 Å². The summed E-state index contributed by atoms with van der Waals surface area (Å²) in [4.78, 5) is 23.4. The highest BCUT2D eigenvalue weighted by Gasteiger charge is 2.17. The number of nitrogens with zero attached hydrogens (tertiary/aromatic N) is 4. The first kappa shape index (κ1) is 21.2. The number of hydrogen-bond donors (Lipinski definition) is 2. The number of carbonyl (C=O) groups is 1. The van der Waals surface area contributed by atoms with Crippen molar-refractivity contribution in [1.29, 1.82) is 5.26 Å². The van der Waals surface area contributed by atoms with Crippen molar-refractivity contribution >= 4 is 29.2 Å². The summed E-state index contributed by atoms with van der Waals surface area (Å²) in [5.74, 6) is -0.118. The van der Waals surface area contributed by atoms with Crippen LogP contribution >= 0.6 is 12.4 Å². The summed E-state index contributed by atoms with van der Waals surface area (Å²) in [7, 11) is 5.68. The molecular formula is C20H22ClN5O2. The summed E-state index contributed by atoms with van der Waals surface area (Å²) in [6.07, 6.45) is 1.52. The van der Waals surface area contributed by atoms with Crippen LogP contribution in [-0.2, 0) is 0 Å². The maximum atomic E-state index is 12.5. The molecule has 8 heteroatoms. The van der Waals surface area contributed by atoms with Gasteiger partial charge in [-0.2, -0.15) is 5.26 Å². The van der Waals surface area contributed by atoms with Crippen LogP contribution in [0.5, 0.6) is 5.88 Å². The van der Waals surface area contributed by atoms with Crippen LogP contribution in [0.15, 0.2) is 36.5 Å². The average molecular weight is 400 g/mol. The minimum absolute atomic E-state index is 0. The molecule has 0 atom stereocenters. The summed E-state index contributed by atoms with van der Waals surface area (Å²) in [6.45, 7) is 1.40. The van der Waals surface area contributed by atoms with Crippen LogP contribution in [0, 0.1) is 11.3 Å². The van der Waals surface area contributed by atoms with E-state index in [2.05, 4.69) is 16.0 Å². The van der Waals surface area contributed by atoms with E-state index >= 15 is 0 Å². The largest absolute Gasteiger partial charge is 0.494 e. The molecular weight excluding hydrogens is 378 g/mol. The predicted octanol–water partition coefficient (Wildman–Crippen LogP) is 2.86. The van der Waals surface area contributed by atoms with Gasteiger partial charge in [-0.05, 0) is 38.4 Å². The molecule has 2 N–H and O–H groups in total. The minimum atomic E-state index is -0.0993. The Labute approximate surface area is 169 Å². The molecule has 1 amide bonds. The molecule has 146 valence electrons. The molecule has 0 spiro atoms. The molecule has 0 unspecified atom stereocenters. The molecule has 0 saturated heterocycles. The third-order valence-electron chi connectivity index (χ3n) is 4.40. The quantitative estimate of drug-likeness (QED) is 0.687. The highest BCUT2D eigenvalue weighted by Crippen LogP contribution is 2.35. The van der Waals surface area contributed by atoms with Crippen molar-refractivity contribution < 1.29 is 9.90 Å². The SMILES string of the molecule is CN(C)CCN(C)C(=O)c1ccc(-c2c(O)[nH]c3cc(C#N)ccc23)nc1.Cl. The predicted molar refractivity (Wildman–Crippen MR) is 111 cm³/mol. The number of carbonyl (C=O) groups excluding carboxylic acids is 1. The molecule has 2 aromatic heterocycles. The number of aromatic amines is 1. The van der Waals surface area contributed by atoms with Crippen molar-refractivity contribution in [3.8, 4) is 23.2 Å². The number of aromatic nitrogens is 2. The van der Waals surface area contributed by atoms with Crippen molar-refractivity contribution in [1.82, 2.24) is 19.8 Å². The smallest absolute Gasteiger partial charge is 0.255 e. The van der Waals surface area contributed by atoms with Gasteiger partial charge in [-0.25, -0.2) is 0 Å². The van der Waals surface area contributed by atoms with E-state index in [-0.39, 0.29) is 24.2 Å². The number of aromatic hydroxyl groups is 1. The number of fused-ring (bicyclic) bond motifs is 1. The Balaban J connectivity index is 0.00000280. The maximum absolute atomic E-state index is 12.5. The highest BCUT2D eigenvalue weighted by molar-refractivity contribution is 5.99. The fourth-order valence-electron chi connectivity index (χ4n) is 2.85. The van der Waals surface area contributed by atoms with Crippen LogP contribution in [0.1, 0.15) is 15.9 Å². The number of benzene rings is 1. The standard InChI is InChI=1S/C20H21N5O2.ClH/c1-24(2)8-9-25(3)20(27)14-5-7-16(22-12-14)18-15-6-4-13(11-21)10-17(15)23-19(18)26;/h4-7,10,12,23,26H,8-9H2,1-3H3;1H. The molecule has 0 saturated carbocycles. The number of pyridine rings is 1. The summed E-state index contributed by atoms with van der Waals surface area (Å²) in [5, 5.41) is 20.1. The fraction of sp³-hybridized carbons (Fsp3) is 0.250. The lowest BCUT2D eigenvalue weighted by molar-refractivity contribution is 0.0786. The Morgan fingerprint density at radius 1 is 1.21 bits per heavy atom. The Bertz CT molecular complexity index is 1020. The topological polar surface area (TPSA) is 96.2 Å². The molecule has 28 heavy (non-hydrogen) atoms. The number of amides is 1. The second-order valence-electron chi connectivity index (χ2n) is 6.68. The third kappa shape index (κ3) is 4.25. The lowest BCUT2D eigenvalue weighted by Gasteiger charge is -2.19. The molecule has 3 rings (SSSR count). The number of hydrogen-bond acceptors (Lipinski definition) is 5. The highest BCUT2D eigenvalue weighted by atomic mass is 35.5. The number of nitriles is 1. The van der Waals surface area contributed by atoms with Gasteiger partial charge in [0.1, 0.15) is 0 Å². The zero-order chi connectivity index (χ0) is 19.6. The van der Waals surface area contributed by atoms with E-state index in [0.29, 0.717) is 34.4 Å². The first-order valence-corrected chi connectivity index (χ1v) is 8.52. The van der Waals surface area contributed by atoms with Crippen molar-refractivity contribution in [2.45, 2.75) is 0 Å². The van der Waals surface area contributed by atoms with Gasteiger partial charge in [-0.3, -0.25) is 9.78 Å². The lowest BCUT2D eigenvalue weighted by atomic mass is 10.1. The van der Waals surface area contributed by atoms with Gasteiger partial charge in [0.05, 0.1) is 34.0 Å². The van der Waals surface area contributed by atoms with E-state index in [1.165, 1.54) is 6.20 Å². The van der Waals surface area contributed by atoms with Crippen molar-refractivity contribution in [2.24, 2.45) is 0 Å². The Morgan fingerprint density at radius 3 is 2.57 bits per heavy atom. The van der Waals surface area contributed by atoms with Gasteiger partial charge in [0.15, 0.2) is 5.88 Å². The van der Waals surface area contributed by atoms with Crippen LogP contribution < -0.4 is 0 Å². The number of rotatable bonds is 5. The molecule has 1 aromatic carbocycles. The Kier molecular flexibility index (Phi) is 6.62. The second kappa shape index (κ2) is 8.74. The third-order valence-corrected chi connectivity index (χ3v) is 4.40. The van der Waals surface area contributed by atoms with Gasteiger partial charge in [-0.1, -0.05) is 6.07 Å². The molecule has 2 heterocycles. The van der Waals surface area contributed by atoms with Crippen LogP contribution in [0.3, 0.4) is 0 Å². The monoisotopic (exact) mass is 399 g/mol. The van der Waals surface area contributed by atoms with Crippen LogP contribution in [0.2, 0.25) is 0 Å². The number of likely N-dealkylation sites (N-methyl/N-ethyl adjacent to an activating group) is 2. The molecule has 0 aliphatic rings. The van der Waals surface area contributed by atoms with E-state index in [1.807, 2.05) is 19.0 Å². The number of halogens is 1. The molecule has 0 fully saturated rings. The maximum Gasteiger partial charge on any atom is 0.255 e. The van der Waals surface area contributed by atoms with Crippen LogP contribution in [0.25, 0.3) is 22.2 Å². The summed E-state index contributed by atoms with van der Waals surface area (Å²) >= 11 is 0. The summed E-state index contributed by atoms with van der Waals surface area (Å²) < 4.78 is 0. The van der Waals surface area contributed by atoms with Gasteiger partial charge in [-0.15, -0.1) is 12.4 Å².